The molecule has 1 N–H and O–H groups in total. The third-order valence-electron chi connectivity index (χ3n) is 3.09. The van der Waals surface area contributed by atoms with E-state index in [2.05, 4.69) is 10.3 Å². The number of pyridine rings is 1. The predicted molar refractivity (Wildman–Crippen MR) is 80.3 cm³/mol. The fourth-order valence-corrected chi connectivity index (χ4v) is 2.16. The first-order valence-corrected chi connectivity index (χ1v) is 6.57. The second-order valence-corrected chi connectivity index (χ2v) is 4.50. The van der Waals surface area contributed by atoms with Gasteiger partial charge in [0.05, 0.1) is 4.92 Å². The SMILES string of the molecule is CCNc1ccc([N+](=O)[O-])c(-c2cc3ccccc3o2)n1. The van der Waals surface area contributed by atoms with Gasteiger partial charge in [-0.1, -0.05) is 18.2 Å². The van der Waals surface area contributed by atoms with Crippen LogP contribution in [0.3, 0.4) is 0 Å². The van der Waals surface area contributed by atoms with Gasteiger partial charge in [-0.3, -0.25) is 10.1 Å². The predicted octanol–water partition coefficient (Wildman–Crippen LogP) is 3.83. The average molecular weight is 283 g/mol. The average Bonchev–Trinajstić information content (AvgIpc) is 2.91. The van der Waals surface area contributed by atoms with Crippen LogP contribution in [-0.2, 0) is 0 Å². The molecule has 106 valence electrons. The maximum Gasteiger partial charge on any atom is 0.298 e. The lowest BCUT2D eigenvalue weighted by Crippen LogP contribution is -2.01. The first-order chi connectivity index (χ1) is 10.2. The Hall–Kier alpha value is -2.89. The quantitative estimate of drug-likeness (QED) is 0.581. The Balaban J connectivity index is 2.18. The highest BCUT2D eigenvalue weighted by molar-refractivity contribution is 5.83. The van der Waals surface area contributed by atoms with Crippen molar-refractivity contribution in [3.05, 3.63) is 52.6 Å². The van der Waals surface area contributed by atoms with Crippen LogP contribution in [0.15, 0.2) is 46.9 Å². The van der Waals surface area contributed by atoms with Gasteiger partial charge in [-0.2, -0.15) is 0 Å². The molecule has 0 spiro atoms. The second kappa shape index (κ2) is 5.24. The molecule has 0 aliphatic heterocycles. The number of nitro groups is 1. The molecule has 3 aromatic rings. The van der Waals surface area contributed by atoms with E-state index in [-0.39, 0.29) is 11.4 Å². The van der Waals surface area contributed by atoms with Gasteiger partial charge in [0.15, 0.2) is 11.5 Å². The maximum absolute atomic E-state index is 11.2. The highest BCUT2D eigenvalue weighted by Crippen LogP contribution is 2.33. The molecule has 0 aliphatic carbocycles. The van der Waals surface area contributed by atoms with Crippen molar-refractivity contribution in [3.63, 3.8) is 0 Å². The largest absolute Gasteiger partial charge is 0.454 e. The summed E-state index contributed by atoms with van der Waals surface area (Å²) in [5, 5.41) is 15.1. The summed E-state index contributed by atoms with van der Waals surface area (Å²) >= 11 is 0. The van der Waals surface area contributed by atoms with Gasteiger partial charge in [-0.25, -0.2) is 4.98 Å². The minimum Gasteiger partial charge on any atom is -0.454 e. The highest BCUT2D eigenvalue weighted by atomic mass is 16.6. The van der Waals surface area contributed by atoms with E-state index < -0.39 is 4.92 Å². The van der Waals surface area contributed by atoms with Crippen LogP contribution in [0.5, 0.6) is 0 Å². The van der Waals surface area contributed by atoms with Gasteiger partial charge in [0.25, 0.3) is 5.69 Å². The number of rotatable bonds is 4. The number of hydrogen-bond acceptors (Lipinski definition) is 5. The number of fused-ring (bicyclic) bond motifs is 1. The summed E-state index contributed by atoms with van der Waals surface area (Å²) < 4.78 is 5.68. The molecule has 0 amide bonds. The minimum atomic E-state index is -0.453. The Morgan fingerprint density at radius 3 is 2.81 bits per heavy atom. The van der Waals surface area contributed by atoms with Gasteiger partial charge in [-0.05, 0) is 25.1 Å². The Kier molecular flexibility index (Phi) is 3.27. The summed E-state index contributed by atoms with van der Waals surface area (Å²) in [5.74, 6) is 0.973. The van der Waals surface area contributed by atoms with Crippen molar-refractivity contribution >= 4 is 22.5 Å². The lowest BCUT2D eigenvalue weighted by atomic mass is 10.2. The third kappa shape index (κ3) is 2.43. The van der Waals surface area contributed by atoms with E-state index in [9.17, 15) is 10.1 Å². The molecule has 0 unspecified atom stereocenters. The first kappa shape index (κ1) is 13.1. The van der Waals surface area contributed by atoms with E-state index in [1.165, 1.54) is 6.07 Å². The molecule has 0 bridgehead atoms. The molecule has 0 saturated carbocycles. The molecule has 6 heteroatoms. The number of benzene rings is 1. The molecule has 0 atom stereocenters. The lowest BCUT2D eigenvalue weighted by molar-refractivity contribution is -0.384. The van der Waals surface area contributed by atoms with Crippen molar-refractivity contribution in [1.82, 2.24) is 4.98 Å². The molecular weight excluding hydrogens is 270 g/mol. The summed E-state index contributed by atoms with van der Waals surface area (Å²) in [4.78, 5) is 15.0. The van der Waals surface area contributed by atoms with E-state index in [4.69, 9.17) is 4.42 Å². The summed E-state index contributed by atoms with van der Waals surface area (Å²) in [7, 11) is 0. The zero-order valence-electron chi connectivity index (χ0n) is 11.4. The van der Waals surface area contributed by atoms with E-state index in [1.54, 1.807) is 12.1 Å². The number of furan rings is 1. The minimum absolute atomic E-state index is 0.0734. The molecule has 2 heterocycles. The van der Waals surface area contributed by atoms with Crippen LogP contribution in [0.1, 0.15) is 6.92 Å². The Morgan fingerprint density at radius 1 is 1.29 bits per heavy atom. The molecule has 2 aromatic heterocycles. The van der Waals surface area contributed by atoms with Crippen molar-refractivity contribution in [2.45, 2.75) is 6.92 Å². The molecule has 0 aliphatic rings. The summed E-state index contributed by atoms with van der Waals surface area (Å²) in [6.45, 7) is 2.62. The Labute approximate surface area is 120 Å². The van der Waals surface area contributed by atoms with Gasteiger partial charge in [-0.15, -0.1) is 0 Å². The first-order valence-electron chi connectivity index (χ1n) is 6.57. The van der Waals surface area contributed by atoms with Crippen molar-refractivity contribution in [1.29, 1.82) is 0 Å². The van der Waals surface area contributed by atoms with Crippen LogP contribution in [0.25, 0.3) is 22.4 Å². The number of anilines is 1. The normalized spacial score (nSPS) is 10.7. The van der Waals surface area contributed by atoms with Crippen molar-refractivity contribution in [3.8, 4) is 11.5 Å². The number of nitrogens with one attached hydrogen (secondary N) is 1. The monoisotopic (exact) mass is 283 g/mol. The van der Waals surface area contributed by atoms with Crippen LogP contribution in [0, 0.1) is 10.1 Å². The summed E-state index contributed by atoms with van der Waals surface area (Å²) in [5.41, 5.74) is 0.836. The number of nitrogens with zero attached hydrogens (tertiary/aromatic N) is 2. The van der Waals surface area contributed by atoms with Crippen molar-refractivity contribution in [2.75, 3.05) is 11.9 Å². The van der Waals surface area contributed by atoms with E-state index in [0.29, 0.717) is 23.7 Å². The van der Waals surface area contributed by atoms with Gasteiger partial charge in [0, 0.05) is 18.0 Å². The molecule has 6 nitrogen and oxygen atoms in total. The van der Waals surface area contributed by atoms with Crippen molar-refractivity contribution in [2.24, 2.45) is 0 Å². The summed E-state index contributed by atoms with van der Waals surface area (Å²) in [6.07, 6.45) is 0. The van der Waals surface area contributed by atoms with Gasteiger partial charge in [0.1, 0.15) is 11.4 Å². The Bertz CT molecular complexity index is 778. The van der Waals surface area contributed by atoms with Crippen molar-refractivity contribution < 1.29 is 9.34 Å². The van der Waals surface area contributed by atoms with Crippen LogP contribution in [-0.4, -0.2) is 16.5 Å². The fourth-order valence-electron chi connectivity index (χ4n) is 2.16. The number of aromatic nitrogens is 1. The summed E-state index contributed by atoms with van der Waals surface area (Å²) in [6, 6.07) is 12.2. The Morgan fingerprint density at radius 2 is 2.10 bits per heavy atom. The zero-order chi connectivity index (χ0) is 14.8. The lowest BCUT2D eigenvalue weighted by Gasteiger charge is -2.04. The van der Waals surface area contributed by atoms with E-state index in [1.807, 2.05) is 31.2 Å². The molecule has 0 fully saturated rings. The molecule has 0 radical (unpaired) electrons. The molecule has 1 aromatic carbocycles. The highest BCUT2D eigenvalue weighted by Gasteiger charge is 2.21. The van der Waals surface area contributed by atoms with E-state index in [0.717, 1.165) is 5.39 Å². The molecule has 0 saturated heterocycles. The zero-order valence-corrected chi connectivity index (χ0v) is 11.4. The fraction of sp³-hybridized carbons (Fsp3) is 0.133. The van der Waals surface area contributed by atoms with Crippen LogP contribution in [0.4, 0.5) is 11.5 Å². The molecule has 21 heavy (non-hydrogen) atoms. The van der Waals surface area contributed by atoms with Crippen LogP contribution >= 0.6 is 0 Å². The smallest absolute Gasteiger partial charge is 0.298 e. The number of hydrogen-bond donors (Lipinski definition) is 1. The maximum atomic E-state index is 11.2. The van der Waals surface area contributed by atoms with Gasteiger partial charge < -0.3 is 9.73 Å². The van der Waals surface area contributed by atoms with Crippen LogP contribution < -0.4 is 5.32 Å². The molecular formula is C15H13N3O3. The molecule has 3 rings (SSSR count). The second-order valence-electron chi connectivity index (χ2n) is 4.50. The standard InChI is InChI=1S/C15H13N3O3/c1-2-16-14-8-7-11(18(19)20)15(17-14)13-9-10-5-3-4-6-12(10)21-13/h3-9H,2H2,1H3,(H,16,17). The van der Waals surface area contributed by atoms with Crippen LogP contribution in [0.2, 0.25) is 0 Å². The van der Waals surface area contributed by atoms with Gasteiger partial charge in [0.2, 0.25) is 0 Å². The number of para-hydroxylation sites is 1. The van der Waals surface area contributed by atoms with E-state index >= 15 is 0 Å². The third-order valence-corrected chi connectivity index (χ3v) is 3.09. The van der Waals surface area contributed by atoms with Gasteiger partial charge >= 0.3 is 0 Å². The topological polar surface area (TPSA) is 81.2 Å².